The number of aliphatic carboxylic acids is 2. The molecule has 0 saturated heterocycles. The van der Waals surface area contributed by atoms with Crippen molar-refractivity contribution < 1.29 is 47.8 Å². The number of Topliss-reactive ketones (excluding diaryl/α,β-unsaturated/α-hetero) is 1. The van der Waals surface area contributed by atoms with Crippen molar-refractivity contribution in [1.29, 1.82) is 0 Å². The number of hydrogen-bond donors (Lipinski definition) is 6. The summed E-state index contributed by atoms with van der Waals surface area (Å²) in [5, 5.41) is 22.1. The van der Waals surface area contributed by atoms with E-state index in [0.717, 1.165) is 41.2 Å². The highest BCUT2D eigenvalue weighted by Gasteiger charge is 2.37. The molecule has 1 aromatic heterocycles. The second kappa shape index (κ2) is 24.5. The summed E-state index contributed by atoms with van der Waals surface area (Å²) in [6, 6.07) is 13.1. The summed E-state index contributed by atoms with van der Waals surface area (Å²) in [5.74, 6) is -4.94. The summed E-state index contributed by atoms with van der Waals surface area (Å²) in [6.45, 7) is 7.06. The van der Waals surface area contributed by atoms with Gasteiger partial charge >= 0.3 is 11.9 Å². The fraction of sp³-hybridized carbons (Fsp3) is 0.476. The van der Waals surface area contributed by atoms with Gasteiger partial charge in [-0.1, -0.05) is 51.1 Å². The van der Waals surface area contributed by atoms with Crippen molar-refractivity contribution in [1.82, 2.24) is 20.1 Å². The van der Waals surface area contributed by atoms with Crippen LogP contribution >= 0.6 is 23.5 Å². The lowest BCUT2D eigenvalue weighted by Gasteiger charge is -2.41. The molecule has 328 valence electrons. The number of thioether (sulfide) groups is 2. The van der Waals surface area contributed by atoms with E-state index in [1.165, 1.54) is 11.8 Å². The number of carbonyl (C=O) groups excluding carboxylic acids is 4. The monoisotopic (exact) mass is 874 g/mol. The van der Waals surface area contributed by atoms with Gasteiger partial charge in [-0.3, -0.25) is 28.8 Å². The Morgan fingerprint density at radius 1 is 0.917 bits per heavy atom. The van der Waals surface area contributed by atoms with Crippen LogP contribution in [0.3, 0.4) is 0 Å². The van der Waals surface area contributed by atoms with E-state index < -0.39 is 58.6 Å². The van der Waals surface area contributed by atoms with Crippen molar-refractivity contribution in [3.05, 3.63) is 83.7 Å². The van der Waals surface area contributed by atoms with Gasteiger partial charge in [0.1, 0.15) is 22.9 Å². The quantitative estimate of drug-likeness (QED) is 0.0616. The van der Waals surface area contributed by atoms with Gasteiger partial charge in [0, 0.05) is 73.4 Å². The Morgan fingerprint density at radius 3 is 2.28 bits per heavy atom. The molecule has 0 spiro atoms. The number of benzene rings is 2. The third-order valence-electron chi connectivity index (χ3n) is 9.28. The first-order valence-corrected chi connectivity index (χ1v) is 21.8. The van der Waals surface area contributed by atoms with Gasteiger partial charge in [-0.15, -0.1) is 11.8 Å². The molecule has 3 aromatic rings. The van der Waals surface area contributed by atoms with Gasteiger partial charge in [-0.25, -0.2) is 8.78 Å². The number of halogens is 2. The van der Waals surface area contributed by atoms with E-state index in [0.29, 0.717) is 43.8 Å². The molecule has 1 heterocycles. The first-order chi connectivity index (χ1) is 28.4. The topological polar surface area (TPSA) is 227 Å². The van der Waals surface area contributed by atoms with Gasteiger partial charge < -0.3 is 41.8 Å². The average Bonchev–Trinajstić information content (AvgIpc) is 3.59. The zero-order valence-electron chi connectivity index (χ0n) is 34.2. The number of nitrogens with one attached hydrogen (secondary N) is 2. The third-order valence-corrected chi connectivity index (χ3v) is 11.5. The number of rotatable bonds is 26. The van der Waals surface area contributed by atoms with Gasteiger partial charge in [-0.05, 0) is 54.6 Å². The predicted molar refractivity (Wildman–Crippen MR) is 229 cm³/mol. The fourth-order valence-corrected chi connectivity index (χ4v) is 8.12. The van der Waals surface area contributed by atoms with Crippen LogP contribution < -0.4 is 22.1 Å². The molecular formula is C42H56F2N6O8S2. The molecule has 3 atom stereocenters. The summed E-state index contributed by atoms with van der Waals surface area (Å²) in [4.78, 5) is 75.2. The molecule has 0 fully saturated rings. The highest BCUT2D eigenvalue weighted by atomic mass is 32.2. The smallest absolute Gasteiger partial charge is 0.321 e. The molecule has 0 radical (unpaired) electrons. The number of amides is 3. The largest absolute Gasteiger partial charge is 0.480 e. The van der Waals surface area contributed by atoms with E-state index in [4.69, 9.17) is 16.6 Å². The summed E-state index contributed by atoms with van der Waals surface area (Å²) in [6.07, 6.45) is 2.33. The SMILES string of the molecule is CC(C)(C)[C@H](c1cc(-c2cc(F)ccc2F)cn1Cc1ccccc1)N(CCCN)C(=O)CSCCC(=O)NCCCC(=O)CNC(=O)CC(SC[C@H](N)C(=O)O)C(=O)O. The fourth-order valence-electron chi connectivity index (χ4n) is 6.31. The lowest BCUT2D eigenvalue weighted by atomic mass is 9.83. The van der Waals surface area contributed by atoms with E-state index in [-0.39, 0.29) is 60.6 Å². The summed E-state index contributed by atoms with van der Waals surface area (Å²) in [5.41, 5.74) is 13.1. The van der Waals surface area contributed by atoms with Crippen LogP contribution in [-0.4, -0.2) is 110 Å². The van der Waals surface area contributed by atoms with Gasteiger partial charge in [0.15, 0.2) is 5.78 Å². The normalized spacial score (nSPS) is 12.9. The number of nitrogens with zero attached hydrogens (tertiary/aromatic N) is 2. The highest BCUT2D eigenvalue weighted by Crippen LogP contribution is 2.41. The Kier molecular flexibility index (Phi) is 20.2. The minimum absolute atomic E-state index is 0.0510. The lowest BCUT2D eigenvalue weighted by molar-refractivity contribution is -0.139. The van der Waals surface area contributed by atoms with Crippen molar-refractivity contribution in [2.24, 2.45) is 16.9 Å². The molecule has 8 N–H and O–H groups in total. The minimum atomic E-state index is -1.31. The summed E-state index contributed by atoms with van der Waals surface area (Å²) < 4.78 is 31.4. The Labute approximate surface area is 357 Å². The van der Waals surface area contributed by atoms with Crippen LogP contribution in [0.25, 0.3) is 11.1 Å². The number of nitrogens with two attached hydrogens (primary N) is 2. The molecule has 18 heteroatoms. The van der Waals surface area contributed by atoms with Crippen molar-refractivity contribution in [3.63, 3.8) is 0 Å². The standard InChI is InChI=1S/C42H56F2N6O8S2/c1-42(2,3)39(34-19-28(31-20-29(43)12-13-32(31)44)24-49(34)23-27-9-5-4-6-10-27)50(17-8-15-45)38(54)26-59-18-14-36(52)47-16-7-11-30(51)22-48-37(53)21-35(41(57)58)60-25-33(46)40(55)56/h4-6,9-10,12-13,19-20,24,33,35,39H,7-8,11,14-18,21-23,25-26,45-46H2,1-3H3,(H,47,52)(H,48,53)(H,55,56)(H,57,58)/t33-,35?,39-/m0/s1. The number of carboxylic acids is 2. The van der Waals surface area contributed by atoms with Gasteiger partial charge in [0.05, 0.1) is 18.3 Å². The molecule has 0 bridgehead atoms. The predicted octanol–water partition coefficient (Wildman–Crippen LogP) is 4.44. The van der Waals surface area contributed by atoms with Crippen molar-refractivity contribution in [3.8, 4) is 11.1 Å². The van der Waals surface area contributed by atoms with Crippen LogP contribution in [0, 0.1) is 17.0 Å². The molecule has 0 saturated carbocycles. The Morgan fingerprint density at radius 2 is 1.63 bits per heavy atom. The van der Waals surface area contributed by atoms with Crippen molar-refractivity contribution in [2.45, 2.75) is 76.8 Å². The maximum Gasteiger partial charge on any atom is 0.321 e. The highest BCUT2D eigenvalue weighted by molar-refractivity contribution is 8.00. The Bertz CT molecular complexity index is 1930. The van der Waals surface area contributed by atoms with Gasteiger partial charge in [0.25, 0.3) is 0 Å². The van der Waals surface area contributed by atoms with Crippen molar-refractivity contribution >= 4 is 59.0 Å². The van der Waals surface area contributed by atoms with E-state index in [1.54, 1.807) is 11.1 Å². The zero-order chi connectivity index (χ0) is 44.4. The van der Waals surface area contributed by atoms with Crippen LogP contribution in [0.4, 0.5) is 8.78 Å². The molecule has 0 aliphatic heterocycles. The molecule has 3 amide bonds. The second-order valence-electron chi connectivity index (χ2n) is 15.3. The number of carboxylic acid groups (broad SMARTS) is 2. The lowest BCUT2D eigenvalue weighted by Crippen LogP contribution is -2.44. The Balaban J connectivity index is 1.56. The number of carbonyl (C=O) groups is 6. The van der Waals surface area contributed by atoms with E-state index in [9.17, 15) is 38.3 Å². The molecule has 2 aromatic carbocycles. The molecule has 60 heavy (non-hydrogen) atoms. The summed E-state index contributed by atoms with van der Waals surface area (Å²) in [7, 11) is 0. The zero-order valence-corrected chi connectivity index (χ0v) is 35.8. The molecular weight excluding hydrogens is 819 g/mol. The van der Waals surface area contributed by atoms with Crippen LogP contribution in [0.1, 0.15) is 70.2 Å². The average molecular weight is 875 g/mol. The van der Waals surface area contributed by atoms with Gasteiger partial charge in [0.2, 0.25) is 17.7 Å². The molecule has 1 unspecified atom stereocenters. The van der Waals surface area contributed by atoms with Crippen LogP contribution in [0.15, 0.2) is 60.8 Å². The van der Waals surface area contributed by atoms with E-state index in [1.807, 2.05) is 61.7 Å². The second-order valence-corrected chi connectivity index (χ2v) is 17.6. The molecule has 0 aliphatic carbocycles. The number of hydrogen-bond acceptors (Lipinski definition) is 10. The Hall–Kier alpha value is -4.78. The van der Waals surface area contributed by atoms with Crippen LogP contribution in [0.5, 0.6) is 0 Å². The van der Waals surface area contributed by atoms with Crippen LogP contribution in [-0.2, 0) is 35.3 Å². The maximum atomic E-state index is 15.1. The van der Waals surface area contributed by atoms with E-state index >= 15 is 4.39 Å². The molecule has 14 nitrogen and oxygen atoms in total. The van der Waals surface area contributed by atoms with E-state index in [2.05, 4.69) is 10.6 Å². The van der Waals surface area contributed by atoms with Crippen LogP contribution in [0.2, 0.25) is 0 Å². The van der Waals surface area contributed by atoms with Gasteiger partial charge in [-0.2, -0.15) is 11.8 Å². The number of aromatic nitrogens is 1. The maximum absolute atomic E-state index is 15.1. The first kappa shape index (κ1) is 49.6. The first-order valence-electron chi connectivity index (χ1n) is 19.6. The summed E-state index contributed by atoms with van der Waals surface area (Å²) >= 11 is 2.03. The number of ketones is 1. The van der Waals surface area contributed by atoms with Crippen molar-refractivity contribution in [2.75, 3.05) is 43.4 Å². The molecule has 0 aliphatic rings. The third kappa shape index (κ3) is 16.3. The molecule has 3 rings (SSSR count). The minimum Gasteiger partial charge on any atom is -0.480 e.